The van der Waals surface area contributed by atoms with Crippen molar-refractivity contribution >= 4 is 50.3 Å². The normalized spacial score (nSPS) is 21.4. The summed E-state index contributed by atoms with van der Waals surface area (Å²) in [5, 5.41) is -0.350. The summed E-state index contributed by atoms with van der Waals surface area (Å²) >= 11 is 8.72. The molecule has 174 valence electrons. The number of benzene rings is 1. The van der Waals surface area contributed by atoms with Gasteiger partial charge in [-0.2, -0.15) is 18.2 Å². The highest BCUT2D eigenvalue weighted by Crippen LogP contribution is 2.43. The van der Waals surface area contributed by atoms with Gasteiger partial charge in [0.25, 0.3) is 0 Å². The van der Waals surface area contributed by atoms with E-state index in [4.69, 9.17) is 16.3 Å². The molecule has 2 aliphatic heterocycles. The molecule has 0 spiro atoms. The van der Waals surface area contributed by atoms with Gasteiger partial charge < -0.3 is 14.5 Å². The highest BCUT2D eigenvalue weighted by molar-refractivity contribution is 9.10. The maximum Gasteiger partial charge on any atom is 0.417 e. The van der Waals surface area contributed by atoms with Crippen LogP contribution in [0, 0.1) is 5.82 Å². The number of hydrogen-bond acceptors (Lipinski definition) is 5. The van der Waals surface area contributed by atoms with Crippen molar-refractivity contribution in [2.75, 3.05) is 18.0 Å². The summed E-state index contributed by atoms with van der Waals surface area (Å²) in [4.78, 5) is 24.0. The van der Waals surface area contributed by atoms with Crippen LogP contribution in [-0.4, -0.2) is 51.7 Å². The minimum atomic E-state index is -4.78. The van der Waals surface area contributed by atoms with Gasteiger partial charge >= 0.3 is 12.3 Å². The van der Waals surface area contributed by atoms with E-state index >= 15 is 0 Å². The number of aromatic nitrogens is 2. The van der Waals surface area contributed by atoms with Crippen LogP contribution in [-0.2, 0) is 10.9 Å². The molecular weight excluding hydrogens is 520 g/mol. The second-order valence-corrected chi connectivity index (χ2v) is 10.1. The number of nitrogens with zero attached hydrogens (tertiary/aromatic N) is 4. The number of amides is 1. The van der Waals surface area contributed by atoms with E-state index in [1.807, 2.05) is 4.90 Å². The summed E-state index contributed by atoms with van der Waals surface area (Å²) in [6.45, 7) is 5.93. The van der Waals surface area contributed by atoms with Crippen LogP contribution >= 0.6 is 27.5 Å². The molecule has 1 aromatic carbocycles. The molecule has 2 aliphatic rings. The summed E-state index contributed by atoms with van der Waals surface area (Å²) < 4.78 is 60.1. The highest BCUT2D eigenvalue weighted by Gasteiger charge is 2.44. The van der Waals surface area contributed by atoms with E-state index < -0.39 is 33.7 Å². The number of hydrogen-bond donors (Lipinski definition) is 0. The van der Waals surface area contributed by atoms with E-state index in [1.54, 1.807) is 25.7 Å². The molecule has 1 aromatic heterocycles. The summed E-state index contributed by atoms with van der Waals surface area (Å²) in [5.74, 6) is -1.02. The third-order valence-corrected chi connectivity index (χ3v) is 6.45. The molecule has 4 rings (SSSR count). The van der Waals surface area contributed by atoms with Crippen LogP contribution in [0.2, 0.25) is 5.28 Å². The number of ether oxygens (including phenoxy) is 1. The summed E-state index contributed by atoms with van der Waals surface area (Å²) in [5.41, 5.74) is -2.11. The fraction of sp³-hybridized carbons (Fsp3) is 0.550. The monoisotopic (exact) mass is 538 g/mol. The molecular formula is C20H20BrClF4N4O2. The predicted octanol–water partition coefficient (Wildman–Crippen LogP) is 5.79. The zero-order valence-corrected chi connectivity index (χ0v) is 19.8. The van der Waals surface area contributed by atoms with Crippen LogP contribution in [0.15, 0.2) is 10.5 Å². The average Bonchev–Trinajstić information content (AvgIpc) is 2.90. The SMILES string of the molecule is CC(C)(C)OC(=O)N1CC2CCC(C1)N2c1nc(Cl)nc2c(F)c(Br)c(C(F)(F)F)cc12. The zero-order valence-electron chi connectivity index (χ0n) is 17.4. The Morgan fingerprint density at radius 3 is 2.31 bits per heavy atom. The molecule has 2 atom stereocenters. The number of likely N-dealkylation sites (tertiary alicyclic amines) is 1. The summed E-state index contributed by atoms with van der Waals surface area (Å²) in [6.07, 6.45) is -3.84. The van der Waals surface area contributed by atoms with Crippen LogP contribution < -0.4 is 4.90 Å². The molecule has 2 aromatic rings. The molecule has 0 saturated carbocycles. The Kier molecular flexibility index (Phi) is 5.72. The van der Waals surface area contributed by atoms with Gasteiger partial charge in [-0.15, -0.1) is 0 Å². The first-order chi connectivity index (χ1) is 14.8. The van der Waals surface area contributed by atoms with E-state index in [0.29, 0.717) is 25.9 Å². The fourth-order valence-corrected chi connectivity index (χ4v) is 4.98. The molecule has 2 saturated heterocycles. The quantitative estimate of drug-likeness (QED) is 0.339. The molecule has 2 fully saturated rings. The lowest BCUT2D eigenvalue weighted by molar-refractivity contribution is -0.138. The van der Waals surface area contributed by atoms with E-state index in [9.17, 15) is 22.4 Å². The van der Waals surface area contributed by atoms with Crippen LogP contribution in [0.3, 0.4) is 0 Å². The second kappa shape index (κ2) is 7.86. The number of anilines is 1. The number of carbonyl (C=O) groups is 1. The van der Waals surface area contributed by atoms with E-state index in [0.717, 1.165) is 6.07 Å². The minimum Gasteiger partial charge on any atom is -0.444 e. The summed E-state index contributed by atoms with van der Waals surface area (Å²) in [7, 11) is 0. The van der Waals surface area contributed by atoms with Gasteiger partial charge in [-0.05, 0) is 67.2 Å². The van der Waals surface area contributed by atoms with Crippen molar-refractivity contribution in [2.45, 2.75) is 57.5 Å². The van der Waals surface area contributed by atoms with Crippen molar-refractivity contribution in [2.24, 2.45) is 0 Å². The van der Waals surface area contributed by atoms with E-state index in [2.05, 4.69) is 25.9 Å². The van der Waals surface area contributed by atoms with Crippen molar-refractivity contribution < 1.29 is 27.1 Å². The van der Waals surface area contributed by atoms with Gasteiger partial charge in [0, 0.05) is 30.6 Å². The predicted molar refractivity (Wildman–Crippen MR) is 114 cm³/mol. The molecule has 12 heteroatoms. The van der Waals surface area contributed by atoms with Crippen LogP contribution in [0.1, 0.15) is 39.2 Å². The van der Waals surface area contributed by atoms with E-state index in [1.165, 1.54) is 0 Å². The second-order valence-electron chi connectivity index (χ2n) is 8.94. The minimum absolute atomic E-state index is 0.0787. The standard InChI is InChI=1S/C20H20BrClF4N4O2/c1-19(2,3)32-18(31)29-7-9-4-5-10(8-29)30(9)16-11-6-12(20(24,25)26)13(21)14(23)15(11)27-17(22)28-16/h6,9-10H,4-5,7-8H2,1-3H3. The fourth-order valence-electron chi connectivity index (χ4n) is 4.29. The Labute approximate surface area is 195 Å². The van der Waals surface area contributed by atoms with Gasteiger partial charge in [0.15, 0.2) is 5.82 Å². The first-order valence-corrected chi connectivity index (χ1v) is 11.1. The zero-order chi connectivity index (χ0) is 23.6. The number of piperazine rings is 1. The number of carbonyl (C=O) groups excluding carboxylic acids is 1. The van der Waals surface area contributed by atoms with Gasteiger partial charge in [-0.1, -0.05) is 0 Å². The number of halogens is 6. The Morgan fingerprint density at radius 1 is 1.19 bits per heavy atom. The third-order valence-electron chi connectivity index (χ3n) is 5.51. The first kappa shape index (κ1) is 23.3. The van der Waals surface area contributed by atoms with E-state index in [-0.39, 0.29) is 34.1 Å². The Bertz CT molecular complexity index is 1080. The van der Waals surface area contributed by atoms with Crippen molar-refractivity contribution in [3.8, 4) is 0 Å². The molecule has 32 heavy (non-hydrogen) atoms. The van der Waals surface area contributed by atoms with Crippen LogP contribution in [0.4, 0.5) is 28.2 Å². The number of fused-ring (bicyclic) bond motifs is 3. The van der Waals surface area contributed by atoms with Crippen LogP contribution in [0.25, 0.3) is 10.9 Å². The molecule has 0 N–H and O–H groups in total. The third kappa shape index (κ3) is 4.21. The smallest absolute Gasteiger partial charge is 0.417 e. The van der Waals surface area contributed by atoms with Crippen molar-refractivity contribution in [3.63, 3.8) is 0 Å². The van der Waals surface area contributed by atoms with Crippen LogP contribution in [0.5, 0.6) is 0 Å². The maximum absolute atomic E-state index is 14.9. The van der Waals surface area contributed by atoms with Gasteiger partial charge in [0.05, 0.1) is 10.0 Å². The number of alkyl halides is 3. The first-order valence-electron chi connectivity index (χ1n) is 9.95. The Hall–Kier alpha value is -1.88. The Balaban J connectivity index is 1.76. The lowest BCUT2D eigenvalue weighted by Gasteiger charge is -2.42. The lowest BCUT2D eigenvalue weighted by Crippen LogP contribution is -2.56. The Morgan fingerprint density at radius 2 is 1.78 bits per heavy atom. The molecule has 0 aliphatic carbocycles. The van der Waals surface area contributed by atoms with Crippen molar-refractivity contribution in [3.05, 3.63) is 27.2 Å². The van der Waals surface area contributed by atoms with Crippen molar-refractivity contribution in [1.29, 1.82) is 0 Å². The molecule has 3 heterocycles. The molecule has 2 bridgehead atoms. The molecule has 2 unspecified atom stereocenters. The number of rotatable bonds is 1. The molecule has 0 radical (unpaired) electrons. The maximum atomic E-state index is 14.9. The van der Waals surface area contributed by atoms with Crippen molar-refractivity contribution in [1.82, 2.24) is 14.9 Å². The molecule has 1 amide bonds. The lowest BCUT2D eigenvalue weighted by atomic mass is 10.1. The molecule has 6 nitrogen and oxygen atoms in total. The van der Waals surface area contributed by atoms with Gasteiger partial charge in [-0.25, -0.2) is 14.2 Å². The average molecular weight is 540 g/mol. The topological polar surface area (TPSA) is 58.6 Å². The van der Waals surface area contributed by atoms with Gasteiger partial charge in [0.2, 0.25) is 5.28 Å². The van der Waals surface area contributed by atoms with Gasteiger partial charge in [-0.3, -0.25) is 0 Å². The highest BCUT2D eigenvalue weighted by atomic mass is 79.9. The van der Waals surface area contributed by atoms with Gasteiger partial charge in [0.1, 0.15) is 16.9 Å². The summed E-state index contributed by atoms with van der Waals surface area (Å²) in [6, 6.07) is 0.390. The largest absolute Gasteiger partial charge is 0.444 e.